The van der Waals surface area contributed by atoms with Gasteiger partial charge in [0.15, 0.2) is 0 Å². The lowest BCUT2D eigenvalue weighted by molar-refractivity contribution is -0.141. The summed E-state index contributed by atoms with van der Waals surface area (Å²) in [5.74, 6) is 0. The molecule has 0 spiro atoms. The number of nitrogens with zero attached hydrogens (tertiary/aromatic N) is 2. The number of halogens is 3. The van der Waals surface area contributed by atoms with E-state index < -0.39 is 27.9 Å². The minimum absolute atomic E-state index is 0.226. The van der Waals surface area contributed by atoms with E-state index in [0.717, 1.165) is 29.8 Å². The quantitative estimate of drug-likeness (QED) is 0.859. The van der Waals surface area contributed by atoms with E-state index in [1.54, 1.807) is 0 Å². The van der Waals surface area contributed by atoms with Gasteiger partial charge in [0, 0.05) is 25.8 Å². The molecule has 1 aromatic heterocycles. The molecule has 9 heteroatoms. The number of aromatic nitrogens is 1. The largest absolute Gasteiger partial charge is 0.433 e. The molecule has 3 rings (SSSR count). The van der Waals surface area contributed by atoms with Crippen molar-refractivity contribution in [3.8, 4) is 0 Å². The number of nitrogens with one attached hydrogen (secondary N) is 1. The molecule has 1 N–H and O–H groups in total. The predicted octanol–water partition coefficient (Wildman–Crippen LogP) is 3.00. The van der Waals surface area contributed by atoms with Crippen LogP contribution in [0.25, 0.3) is 0 Å². The Morgan fingerprint density at radius 2 is 1.89 bits per heavy atom. The summed E-state index contributed by atoms with van der Waals surface area (Å²) in [7, 11) is -3.97. The number of sulfonamides is 1. The van der Waals surface area contributed by atoms with Crippen LogP contribution in [0.4, 0.5) is 13.2 Å². The van der Waals surface area contributed by atoms with Crippen LogP contribution in [0.2, 0.25) is 0 Å². The van der Waals surface area contributed by atoms with Crippen molar-refractivity contribution in [1.82, 2.24) is 14.6 Å². The first-order chi connectivity index (χ1) is 12.7. The third-order valence-corrected chi connectivity index (χ3v) is 6.49. The normalized spacial score (nSPS) is 19.2. The van der Waals surface area contributed by atoms with E-state index in [1.165, 1.54) is 4.31 Å². The van der Waals surface area contributed by atoms with Crippen LogP contribution in [0.5, 0.6) is 0 Å². The Hall–Kier alpha value is -1.97. The molecule has 146 valence electrons. The van der Waals surface area contributed by atoms with Crippen LogP contribution in [0.3, 0.4) is 0 Å². The molecular weight excluding hydrogens is 379 g/mol. The summed E-state index contributed by atoms with van der Waals surface area (Å²) in [6.07, 6.45) is -2.96. The first-order valence-corrected chi connectivity index (χ1v) is 10.0. The van der Waals surface area contributed by atoms with Gasteiger partial charge in [0.25, 0.3) is 0 Å². The summed E-state index contributed by atoms with van der Waals surface area (Å²) in [4.78, 5) is 3.04. The SMILES string of the molecule is CCc1ccc(C2CNCCN2S(=O)(=O)c2ccc(C(F)(F)F)nc2)cc1. The first-order valence-electron chi connectivity index (χ1n) is 8.58. The summed E-state index contributed by atoms with van der Waals surface area (Å²) in [6.45, 7) is 3.16. The maximum absolute atomic E-state index is 13.0. The third-order valence-electron chi connectivity index (χ3n) is 4.60. The smallest absolute Gasteiger partial charge is 0.313 e. The van der Waals surface area contributed by atoms with Gasteiger partial charge in [-0.3, -0.25) is 4.98 Å². The second-order valence-electron chi connectivity index (χ2n) is 6.31. The fourth-order valence-electron chi connectivity index (χ4n) is 3.07. The molecule has 27 heavy (non-hydrogen) atoms. The molecule has 1 aliphatic heterocycles. The van der Waals surface area contributed by atoms with Gasteiger partial charge in [0.2, 0.25) is 10.0 Å². The van der Waals surface area contributed by atoms with E-state index in [-0.39, 0.29) is 11.4 Å². The van der Waals surface area contributed by atoms with Gasteiger partial charge in [-0.1, -0.05) is 31.2 Å². The first kappa shape index (κ1) is 19.8. The zero-order valence-corrected chi connectivity index (χ0v) is 15.5. The van der Waals surface area contributed by atoms with E-state index in [0.29, 0.717) is 19.2 Å². The Morgan fingerprint density at radius 1 is 1.19 bits per heavy atom. The van der Waals surface area contributed by atoms with E-state index in [2.05, 4.69) is 10.3 Å². The highest BCUT2D eigenvalue weighted by atomic mass is 32.2. The summed E-state index contributed by atoms with van der Waals surface area (Å²) in [6, 6.07) is 8.92. The van der Waals surface area contributed by atoms with Gasteiger partial charge in [-0.15, -0.1) is 0 Å². The maximum atomic E-state index is 13.0. The zero-order valence-electron chi connectivity index (χ0n) is 14.7. The minimum atomic E-state index is -4.61. The Labute approximate surface area is 156 Å². The molecule has 0 bridgehead atoms. The Morgan fingerprint density at radius 3 is 2.44 bits per heavy atom. The topological polar surface area (TPSA) is 62.3 Å². The fraction of sp³-hybridized carbons (Fsp3) is 0.389. The van der Waals surface area contributed by atoms with Crippen molar-refractivity contribution in [3.05, 3.63) is 59.4 Å². The summed E-state index contributed by atoms with van der Waals surface area (Å²) >= 11 is 0. The van der Waals surface area contributed by atoms with Crippen molar-refractivity contribution in [1.29, 1.82) is 0 Å². The number of hydrogen-bond donors (Lipinski definition) is 1. The minimum Gasteiger partial charge on any atom is -0.313 e. The molecule has 2 aromatic rings. The highest BCUT2D eigenvalue weighted by Crippen LogP contribution is 2.31. The van der Waals surface area contributed by atoms with Crippen LogP contribution in [0.15, 0.2) is 47.5 Å². The molecule has 1 fully saturated rings. The molecule has 0 saturated carbocycles. The molecule has 1 saturated heterocycles. The molecule has 1 aliphatic rings. The average Bonchev–Trinajstić information content (AvgIpc) is 2.67. The number of hydrogen-bond acceptors (Lipinski definition) is 4. The highest BCUT2D eigenvalue weighted by molar-refractivity contribution is 7.89. The standard InChI is InChI=1S/C18H20F3N3O2S/c1-2-13-3-5-14(6-4-13)16-12-22-9-10-24(16)27(25,26)15-7-8-17(23-11-15)18(19,20)21/h3-8,11,16,22H,2,9-10,12H2,1H3. The summed E-state index contributed by atoms with van der Waals surface area (Å²) in [5.41, 5.74) is 0.861. The molecule has 0 amide bonds. The van der Waals surface area contributed by atoms with Crippen LogP contribution in [0.1, 0.15) is 29.8 Å². The lowest BCUT2D eigenvalue weighted by Crippen LogP contribution is -2.48. The van der Waals surface area contributed by atoms with Gasteiger partial charge in [-0.2, -0.15) is 17.5 Å². The van der Waals surface area contributed by atoms with Crippen molar-refractivity contribution in [2.24, 2.45) is 0 Å². The molecule has 0 radical (unpaired) electrons. The van der Waals surface area contributed by atoms with Gasteiger partial charge in [-0.25, -0.2) is 8.42 Å². The van der Waals surface area contributed by atoms with Crippen molar-refractivity contribution in [2.45, 2.75) is 30.5 Å². The number of piperazine rings is 1. The van der Waals surface area contributed by atoms with Gasteiger partial charge < -0.3 is 5.32 Å². The number of rotatable bonds is 4. The van der Waals surface area contributed by atoms with E-state index in [9.17, 15) is 21.6 Å². The second-order valence-corrected chi connectivity index (χ2v) is 8.20. The van der Waals surface area contributed by atoms with Gasteiger partial charge >= 0.3 is 6.18 Å². The number of aryl methyl sites for hydroxylation is 1. The monoisotopic (exact) mass is 399 g/mol. The molecule has 1 atom stereocenters. The number of alkyl halides is 3. The molecule has 1 unspecified atom stereocenters. The van der Waals surface area contributed by atoms with Crippen LogP contribution < -0.4 is 5.32 Å². The lowest BCUT2D eigenvalue weighted by Gasteiger charge is -2.35. The van der Waals surface area contributed by atoms with Crippen LogP contribution >= 0.6 is 0 Å². The van der Waals surface area contributed by atoms with Crippen LogP contribution in [0, 0.1) is 0 Å². The van der Waals surface area contributed by atoms with Crippen molar-refractivity contribution < 1.29 is 21.6 Å². The van der Waals surface area contributed by atoms with Crippen molar-refractivity contribution in [3.63, 3.8) is 0 Å². The molecule has 2 heterocycles. The Balaban J connectivity index is 1.92. The Kier molecular flexibility index (Phi) is 5.55. The van der Waals surface area contributed by atoms with Gasteiger partial charge in [0.1, 0.15) is 10.6 Å². The number of pyridine rings is 1. The molecule has 0 aliphatic carbocycles. The third kappa shape index (κ3) is 4.15. The molecular formula is C18H20F3N3O2S. The Bertz CT molecular complexity index is 882. The van der Waals surface area contributed by atoms with E-state index in [4.69, 9.17) is 0 Å². The van der Waals surface area contributed by atoms with Gasteiger partial charge in [0.05, 0.1) is 6.04 Å². The number of benzene rings is 1. The van der Waals surface area contributed by atoms with E-state index in [1.807, 2.05) is 31.2 Å². The highest BCUT2D eigenvalue weighted by Gasteiger charge is 2.36. The van der Waals surface area contributed by atoms with Crippen molar-refractivity contribution in [2.75, 3.05) is 19.6 Å². The summed E-state index contributed by atoms with van der Waals surface area (Å²) < 4.78 is 65.4. The van der Waals surface area contributed by atoms with Gasteiger partial charge in [-0.05, 0) is 29.7 Å². The van der Waals surface area contributed by atoms with Crippen LogP contribution in [-0.4, -0.2) is 37.3 Å². The van der Waals surface area contributed by atoms with Crippen LogP contribution in [-0.2, 0) is 22.6 Å². The summed E-state index contributed by atoms with van der Waals surface area (Å²) in [5, 5.41) is 3.17. The predicted molar refractivity (Wildman–Crippen MR) is 94.6 cm³/mol. The fourth-order valence-corrected chi connectivity index (χ4v) is 4.63. The zero-order chi connectivity index (χ0) is 19.7. The maximum Gasteiger partial charge on any atom is 0.433 e. The molecule has 1 aromatic carbocycles. The van der Waals surface area contributed by atoms with Crippen molar-refractivity contribution >= 4 is 10.0 Å². The lowest BCUT2D eigenvalue weighted by atomic mass is 10.0. The molecule has 5 nitrogen and oxygen atoms in total. The average molecular weight is 399 g/mol. The van der Waals surface area contributed by atoms with E-state index >= 15 is 0 Å². The second kappa shape index (κ2) is 7.57.